The number of furan rings is 1. The molecule has 0 bridgehead atoms. The number of halogens is 3. The fourth-order valence-corrected chi connectivity index (χ4v) is 3.25. The van der Waals surface area contributed by atoms with Gasteiger partial charge in [0.15, 0.2) is 0 Å². The molecule has 5 heteroatoms. The maximum atomic E-state index is 6.10. The van der Waals surface area contributed by atoms with Crippen LogP contribution < -0.4 is 0 Å². The SMILES string of the molecule is Cc1ccc(-c2ccc(C=Nc3ccc(Cl)cc3Cl)o2)c(Br)c1. The van der Waals surface area contributed by atoms with Gasteiger partial charge >= 0.3 is 0 Å². The van der Waals surface area contributed by atoms with Crippen molar-refractivity contribution in [3.63, 3.8) is 0 Å². The van der Waals surface area contributed by atoms with Crippen LogP contribution in [0.5, 0.6) is 0 Å². The molecule has 0 saturated carbocycles. The lowest BCUT2D eigenvalue weighted by atomic mass is 10.1. The lowest BCUT2D eigenvalue weighted by Crippen LogP contribution is -1.79. The summed E-state index contributed by atoms with van der Waals surface area (Å²) in [6.45, 7) is 2.05. The molecule has 0 spiro atoms. The lowest BCUT2D eigenvalue weighted by Gasteiger charge is -2.02. The second-order valence-electron chi connectivity index (χ2n) is 5.04. The average Bonchev–Trinajstić information content (AvgIpc) is 2.95. The van der Waals surface area contributed by atoms with Crippen LogP contribution in [0, 0.1) is 6.92 Å². The molecule has 0 N–H and O–H groups in total. The summed E-state index contributed by atoms with van der Waals surface area (Å²) in [5, 5.41) is 1.08. The largest absolute Gasteiger partial charge is 0.455 e. The Hall–Kier alpha value is -1.55. The zero-order chi connectivity index (χ0) is 16.4. The Morgan fingerprint density at radius 1 is 1.04 bits per heavy atom. The monoisotopic (exact) mass is 407 g/mol. The normalized spacial score (nSPS) is 11.3. The Labute approximate surface area is 152 Å². The zero-order valence-corrected chi connectivity index (χ0v) is 15.3. The molecular weight excluding hydrogens is 397 g/mol. The van der Waals surface area contributed by atoms with E-state index in [-0.39, 0.29) is 0 Å². The fourth-order valence-electron chi connectivity index (χ4n) is 2.11. The molecule has 0 aliphatic rings. The van der Waals surface area contributed by atoms with Crippen LogP contribution >= 0.6 is 39.1 Å². The highest BCUT2D eigenvalue weighted by Crippen LogP contribution is 2.31. The van der Waals surface area contributed by atoms with Crippen LogP contribution in [0.2, 0.25) is 10.0 Å². The van der Waals surface area contributed by atoms with E-state index in [1.54, 1.807) is 24.4 Å². The quantitative estimate of drug-likeness (QED) is 0.425. The molecule has 23 heavy (non-hydrogen) atoms. The first-order chi connectivity index (χ1) is 11.0. The predicted molar refractivity (Wildman–Crippen MR) is 100 cm³/mol. The molecule has 3 aromatic rings. The molecule has 0 radical (unpaired) electrons. The number of nitrogens with zero attached hydrogens (tertiary/aromatic N) is 1. The van der Waals surface area contributed by atoms with Gasteiger partial charge in [0.2, 0.25) is 0 Å². The highest BCUT2D eigenvalue weighted by atomic mass is 79.9. The Balaban J connectivity index is 1.86. The van der Waals surface area contributed by atoms with E-state index in [2.05, 4.69) is 27.0 Å². The van der Waals surface area contributed by atoms with Crippen molar-refractivity contribution in [1.82, 2.24) is 0 Å². The molecule has 2 aromatic carbocycles. The minimum Gasteiger partial charge on any atom is -0.455 e. The molecular formula is C18H12BrCl2NO. The Morgan fingerprint density at radius 3 is 2.61 bits per heavy atom. The third kappa shape index (κ3) is 3.86. The summed E-state index contributed by atoms with van der Waals surface area (Å²) >= 11 is 15.5. The molecule has 116 valence electrons. The predicted octanol–water partition coefficient (Wildman–Crippen LogP) is 7.07. The molecule has 0 aliphatic carbocycles. The van der Waals surface area contributed by atoms with Crippen molar-refractivity contribution in [1.29, 1.82) is 0 Å². The topological polar surface area (TPSA) is 25.5 Å². The number of aliphatic imine (C=N–C) groups is 1. The van der Waals surface area contributed by atoms with Gasteiger partial charge in [-0.3, -0.25) is 4.99 Å². The van der Waals surface area contributed by atoms with Crippen LogP contribution in [0.3, 0.4) is 0 Å². The van der Waals surface area contributed by atoms with E-state index >= 15 is 0 Å². The van der Waals surface area contributed by atoms with Gasteiger partial charge in [0.25, 0.3) is 0 Å². The maximum Gasteiger partial charge on any atom is 0.145 e. The number of rotatable bonds is 3. The van der Waals surface area contributed by atoms with Gasteiger partial charge in [0.05, 0.1) is 16.9 Å². The fraction of sp³-hybridized carbons (Fsp3) is 0.0556. The summed E-state index contributed by atoms with van der Waals surface area (Å²) in [7, 11) is 0. The van der Waals surface area contributed by atoms with Crippen LogP contribution in [0.15, 0.2) is 62.4 Å². The lowest BCUT2D eigenvalue weighted by molar-refractivity contribution is 0.575. The molecule has 0 unspecified atom stereocenters. The summed E-state index contributed by atoms with van der Waals surface area (Å²) in [6, 6.07) is 15.1. The second kappa shape index (κ2) is 6.91. The number of aryl methyl sites for hydroxylation is 1. The minimum atomic E-state index is 0.502. The van der Waals surface area contributed by atoms with Gasteiger partial charge in [-0.15, -0.1) is 0 Å². The zero-order valence-electron chi connectivity index (χ0n) is 12.2. The van der Waals surface area contributed by atoms with Gasteiger partial charge in [0.1, 0.15) is 11.5 Å². The maximum absolute atomic E-state index is 6.10. The van der Waals surface area contributed by atoms with Crippen molar-refractivity contribution in [2.24, 2.45) is 4.99 Å². The summed E-state index contributed by atoms with van der Waals surface area (Å²) < 4.78 is 6.82. The van der Waals surface area contributed by atoms with Crippen LogP contribution in [-0.2, 0) is 0 Å². The molecule has 0 amide bonds. The van der Waals surface area contributed by atoms with Crippen molar-refractivity contribution in [2.45, 2.75) is 6.92 Å². The molecule has 3 rings (SSSR count). The smallest absolute Gasteiger partial charge is 0.145 e. The van der Waals surface area contributed by atoms with Crippen molar-refractivity contribution in [3.05, 3.63) is 74.4 Å². The van der Waals surface area contributed by atoms with E-state index < -0.39 is 0 Å². The first-order valence-corrected chi connectivity index (χ1v) is 8.43. The summed E-state index contributed by atoms with van der Waals surface area (Å²) in [5.74, 6) is 1.43. The van der Waals surface area contributed by atoms with Gasteiger partial charge in [-0.25, -0.2) is 0 Å². The number of hydrogen-bond acceptors (Lipinski definition) is 2. The van der Waals surface area contributed by atoms with Gasteiger partial charge in [-0.1, -0.05) is 45.2 Å². The third-order valence-electron chi connectivity index (χ3n) is 3.26. The van der Waals surface area contributed by atoms with Crippen molar-refractivity contribution in [3.8, 4) is 11.3 Å². The van der Waals surface area contributed by atoms with Crippen LogP contribution in [0.1, 0.15) is 11.3 Å². The Kier molecular flexibility index (Phi) is 4.90. The third-order valence-corrected chi connectivity index (χ3v) is 4.45. The molecule has 0 saturated heterocycles. The number of benzene rings is 2. The average molecular weight is 409 g/mol. The van der Waals surface area contributed by atoms with Crippen molar-refractivity contribution >= 4 is 51.0 Å². The number of hydrogen-bond donors (Lipinski definition) is 0. The van der Waals surface area contributed by atoms with E-state index in [1.807, 2.05) is 31.2 Å². The van der Waals surface area contributed by atoms with Gasteiger partial charge in [-0.2, -0.15) is 0 Å². The van der Waals surface area contributed by atoms with E-state index in [1.165, 1.54) is 5.56 Å². The van der Waals surface area contributed by atoms with Gasteiger partial charge < -0.3 is 4.42 Å². The van der Waals surface area contributed by atoms with Crippen molar-refractivity contribution in [2.75, 3.05) is 0 Å². The minimum absolute atomic E-state index is 0.502. The summed E-state index contributed by atoms with van der Waals surface area (Å²) in [5.41, 5.74) is 2.83. The van der Waals surface area contributed by atoms with E-state index in [0.717, 1.165) is 15.8 Å². The second-order valence-corrected chi connectivity index (χ2v) is 6.74. The van der Waals surface area contributed by atoms with Crippen LogP contribution in [0.4, 0.5) is 5.69 Å². The van der Waals surface area contributed by atoms with Gasteiger partial charge in [-0.05, 0) is 55.0 Å². The Bertz CT molecular complexity index is 886. The molecule has 0 fully saturated rings. The first-order valence-electron chi connectivity index (χ1n) is 6.88. The molecule has 1 heterocycles. The van der Waals surface area contributed by atoms with Crippen LogP contribution in [0.25, 0.3) is 11.3 Å². The summed E-state index contributed by atoms with van der Waals surface area (Å²) in [4.78, 5) is 4.34. The van der Waals surface area contributed by atoms with E-state index in [4.69, 9.17) is 27.6 Å². The standard InChI is InChI=1S/C18H12BrCl2NO/c1-11-2-5-14(15(19)8-11)18-7-4-13(23-18)10-22-17-6-3-12(20)9-16(17)21/h2-10H,1H3. The molecule has 2 nitrogen and oxygen atoms in total. The van der Waals surface area contributed by atoms with E-state index in [0.29, 0.717) is 21.5 Å². The molecule has 0 atom stereocenters. The first kappa shape index (κ1) is 16.3. The van der Waals surface area contributed by atoms with Gasteiger partial charge in [0, 0.05) is 15.1 Å². The van der Waals surface area contributed by atoms with Crippen molar-refractivity contribution < 1.29 is 4.42 Å². The molecule has 0 aliphatic heterocycles. The molecule has 1 aromatic heterocycles. The highest BCUT2D eigenvalue weighted by Gasteiger charge is 2.08. The highest BCUT2D eigenvalue weighted by molar-refractivity contribution is 9.10. The Morgan fingerprint density at radius 2 is 1.87 bits per heavy atom. The van der Waals surface area contributed by atoms with E-state index in [9.17, 15) is 0 Å². The summed E-state index contributed by atoms with van der Waals surface area (Å²) in [6.07, 6.45) is 1.64. The van der Waals surface area contributed by atoms with Crippen LogP contribution in [-0.4, -0.2) is 6.21 Å².